The highest BCUT2D eigenvalue weighted by molar-refractivity contribution is 5.87. The van der Waals surface area contributed by atoms with Crippen LogP contribution < -0.4 is 5.32 Å². The fourth-order valence-corrected chi connectivity index (χ4v) is 3.57. The van der Waals surface area contributed by atoms with Crippen LogP contribution in [0.3, 0.4) is 0 Å². The molecule has 1 atom stereocenters. The van der Waals surface area contributed by atoms with Crippen LogP contribution in [-0.2, 0) is 15.8 Å². The van der Waals surface area contributed by atoms with Gasteiger partial charge in [0.2, 0.25) is 11.8 Å². The Morgan fingerprint density at radius 1 is 1.19 bits per heavy atom. The molecule has 1 aromatic carbocycles. The van der Waals surface area contributed by atoms with Crippen LogP contribution in [0.5, 0.6) is 0 Å². The molecule has 146 valence electrons. The van der Waals surface area contributed by atoms with E-state index in [1.807, 2.05) is 0 Å². The van der Waals surface area contributed by atoms with Crippen LogP contribution in [0.25, 0.3) is 0 Å². The first-order valence-corrected chi connectivity index (χ1v) is 9.18. The van der Waals surface area contributed by atoms with Gasteiger partial charge in [-0.2, -0.15) is 13.2 Å². The van der Waals surface area contributed by atoms with Crippen molar-refractivity contribution in [3.63, 3.8) is 0 Å². The number of nitrogens with one attached hydrogen (secondary N) is 1. The lowest BCUT2D eigenvalue weighted by Crippen LogP contribution is -2.43. The fourth-order valence-electron chi connectivity index (χ4n) is 3.57. The van der Waals surface area contributed by atoms with Crippen molar-refractivity contribution >= 4 is 11.8 Å². The summed E-state index contributed by atoms with van der Waals surface area (Å²) in [5.74, 6) is -0.338. The first-order valence-electron chi connectivity index (χ1n) is 9.18. The van der Waals surface area contributed by atoms with Crippen LogP contribution in [0, 0.1) is 11.8 Å². The minimum atomic E-state index is -4.40. The van der Waals surface area contributed by atoms with Gasteiger partial charge in [0.25, 0.3) is 0 Å². The second kappa shape index (κ2) is 7.74. The van der Waals surface area contributed by atoms with Crippen LogP contribution in [0.1, 0.15) is 42.9 Å². The smallest absolute Gasteiger partial charge is 0.349 e. The monoisotopic (exact) mass is 380 g/mol. The van der Waals surface area contributed by atoms with Crippen LogP contribution in [0.2, 0.25) is 0 Å². The number of alkyl halides is 3. The number of hydrogen-bond acceptors (Lipinski definition) is 2. The quantitative estimate of drug-likeness (QED) is 0.792. The van der Waals surface area contributed by atoms with Crippen molar-refractivity contribution in [3.05, 3.63) is 48.0 Å². The van der Waals surface area contributed by atoms with Crippen LogP contribution in [-0.4, -0.2) is 29.8 Å². The zero-order valence-electron chi connectivity index (χ0n) is 15.0. The van der Waals surface area contributed by atoms with Crippen LogP contribution >= 0.6 is 0 Å². The second-order valence-electron chi connectivity index (χ2n) is 7.25. The number of piperidine rings is 1. The highest BCUT2D eigenvalue weighted by atomic mass is 19.4. The molecular formula is C20H23F3N2O2. The molecule has 3 rings (SSSR count). The largest absolute Gasteiger partial charge is 0.416 e. The minimum absolute atomic E-state index is 0.144. The summed E-state index contributed by atoms with van der Waals surface area (Å²) in [5.41, 5.74) is -0.198. The molecule has 0 spiro atoms. The van der Waals surface area contributed by atoms with Crippen LogP contribution in [0.15, 0.2) is 36.9 Å². The summed E-state index contributed by atoms with van der Waals surface area (Å²) in [5, 5.41) is 2.97. The Balaban J connectivity index is 1.66. The lowest BCUT2D eigenvalue weighted by molar-refractivity contribution is -0.137. The van der Waals surface area contributed by atoms with E-state index < -0.39 is 17.8 Å². The number of benzene rings is 1. The van der Waals surface area contributed by atoms with Gasteiger partial charge >= 0.3 is 6.18 Å². The maximum atomic E-state index is 13.0. The van der Waals surface area contributed by atoms with E-state index >= 15 is 0 Å². The first-order chi connectivity index (χ1) is 12.8. The van der Waals surface area contributed by atoms with E-state index in [1.54, 1.807) is 11.0 Å². The SMILES string of the molecule is C=CC(=O)N1CCC(C(=O)NC(c2cccc(C(F)(F)F)c2)C2CC2)CC1. The van der Waals surface area contributed by atoms with Gasteiger partial charge in [-0.3, -0.25) is 9.59 Å². The van der Waals surface area contributed by atoms with E-state index in [9.17, 15) is 22.8 Å². The number of nitrogens with zero attached hydrogens (tertiary/aromatic N) is 1. The Kier molecular flexibility index (Phi) is 5.58. The topological polar surface area (TPSA) is 49.4 Å². The zero-order chi connectivity index (χ0) is 19.6. The molecule has 1 aliphatic heterocycles. The van der Waals surface area contributed by atoms with Crippen molar-refractivity contribution in [2.24, 2.45) is 11.8 Å². The first kappa shape index (κ1) is 19.5. The standard InChI is InChI=1S/C20H23F3N2O2/c1-2-17(26)25-10-8-14(9-11-25)19(27)24-18(13-6-7-13)15-4-3-5-16(12-15)20(21,22)23/h2-5,12-14,18H,1,6-11H2,(H,24,27). The summed E-state index contributed by atoms with van der Waals surface area (Å²) < 4.78 is 39.0. The molecule has 2 aliphatic rings. The maximum Gasteiger partial charge on any atom is 0.416 e. The Morgan fingerprint density at radius 3 is 2.41 bits per heavy atom. The molecule has 0 radical (unpaired) electrons. The number of halogens is 3. The van der Waals surface area contributed by atoms with Crippen molar-refractivity contribution in [2.75, 3.05) is 13.1 Å². The highest BCUT2D eigenvalue weighted by Gasteiger charge is 2.37. The van der Waals surface area contributed by atoms with Crippen molar-refractivity contribution in [1.82, 2.24) is 10.2 Å². The molecule has 27 heavy (non-hydrogen) atoms. The average Bonchev–Trinajstić information content (AvgIpc) is 3.50. The van der Waals surface area contributed by atoms with Gasteiger partial charge in [0.05, 0.1) is 11.6 Å². The van der Waals surface area contributed by atoms with E-state index in [-0.39, 0.29) is 23.7 Å². The summed E-state index contributed by atoms with van der Waals surface area (Å²) in [6.45, 7) is 4.44. The summed E-state index contributed by atoms with van der Waals surface area (Å²) in [4.78, 5) is 26.0. The number of hydrogen-bond donors (Lipinski definition) is 1. The molecule has 2 fully saturated rings. The number of carbonyl (C=O) groups excluding carboxylic acids is 2. The molecular weight excluding hydrogens is 357 g/mol. The van der Waals surface area contributed by atoms with Crippen molar-refractivity contribution in [3.8, 4) is 0 Å². The number of rotatable bonds is 5. The third-order valence-electron chi connectivity index (χ3n) is 5.32. The van der Waals surface area contributed by atoms with E-state index in [2.05, 4.69) is 11.9 Å². The van der Waals surface area contributed by atoms with E-state index in [0.717, 1.165) is 25.0 Å². The maximum absolute atomic E-state index is 13.0. The summed E-state index contributed by atoms with van der Waals surface area (Å²) >= 11 is 0. The molecule has 1 heterocycles. The molecule has 1 aliphatic carbocycles. The molecule has 1 unspecified atom stereocenters. The molecule has 1 N–H and O–H groups in total. The molecule has 0 bridgehead atoms. The molecule has 4 nitrogen and oxygen atoms in total. The highest BCUT2D eigenvalue weighted by Crippen LogP contribution is 2.42. The zero-order valence-corrected chi connectivity index (χ0v) is 15.0. The van der Waals surface area contributed by atoms with Gasteiger partial charge in [-0.1, -0.05) is 18.7 Å². The van der Waals surface area contributed by atoms with Crippen molar-refractivity contribution in [1.29, 1.82) is 0 Å². The number of amides is 2. The van der Waals surface area contributed by atoms with Gasteiger partial charge in [-0.05, 0) is 55.4 Å². The predicted octanol–water partition coefficient (Wildman–Crippen LogP) is 3.70. The minimum Gasteiger partial charge on any atom is -0.349 e. The average molecular weight is 380 g/mol. The Morgan fingerprint density at radius 2 is 1.85 bits per heavy atom. The Bertz CT molecular complexity index is 720. The van der Waals surface area contributed by atoms with E-state index in [1.165, 1.54) is 12.1 Å². The molecule has 7 heteroatoms. The lowest BCUT2D eigenvalue weighted by atomic mass is 9.93. The van der Waals surface area contributed by atoms with Gasteiger partial charge in [0.15, 0.2) is 0 Å². The van der Waals surface area contributed by atoms with E-state index in [0.29, 0.717) is 31.5 Å². The van der Waals surface area contributed by atoms with Gasteiger partial charge < -0.3 is 10.2 Å². The molecule has 0 aromatic heterocycles. The summed E-state index contributed by atoms with van der Waals surface area (Å²) in [7, 11) is 0. The third kappa shape index (κ3) is 4.70. The van der Waals surface area contributed by atoms with Gasteiger partial charge in [-0.25, -0.2) is 0 Å². The van der Waals surface area contributed by atoms with Crippen molar-refractivity contribution in [2.45, 2.75) is 37.9 Å². The molecule has 1 saturated carbocycles. The van der Waals surface area contributed by atoms with Crippen LogP contribution in [0.4, 0.5) is 13.2 Å². The van der Waals surface area contributed by atoms with Gasteiger partial charge in [0.1, 0.15) is 0 Å². The normalized spacial score (nSPS) is 19.4. The summed E-state index contributed by atoms with van der Waals surface area (Å²) in [6, 6.07) is 4.81. The van der Waals surface area contributed by atoms with E-state index in [4.69, 9.17) is 0 Å². The van der Waals surface area contributed by atoms with Crippen molar-refractivity contribution < 1.29 is 22.8 Å². The predicted molar refractivity (Wildman–Crippen MR) is 94.6 cm³/mol. The summed E-state index contributed by atoms with van der Waals surface area (Å²) in [6.07, 6.45) is -0.256. The molecule has 1 aromatic rings. The third-order valence-corrected chi connectivity index (χ3v) is 5.32. The number of likely N-dealkylation sites (tertiary alicyclic amines) is 1. The lowest BCUT2D eigenvalue weighted by Gasteiger charge is -2.31. The van der Waals surface area contributed by atoms with Gasteiger partial charge in [0, 0.05) is 19.0 Å². The number of carbonyl (C=O) groups is 2. The molecule has 1 saturated heterocycles. The second-order valence-corrected chi connectivity index (χ2v) is 7.25. The Labute approximate surface area is 156 Å². The fraction of sp³-hybridized carbons (Fsp3) is 0.500. The van der Waals surface area contributed by atoms with Gasteiger partial charge in [-0.15, -0.1) is 0 Å². The Hall–Kier alpha value is -2.31. The molecule has 2 amide bonds.